The van der Waals surface area contributed by atoms with Gasteiger partial charge >= 0.3 is 0 Å². The molecule has 0 aromatic heterocycles. The van der Waals surface area contributed by atoms with Crippen molar-refractivity contribution in [2.45, 2.75) is 13.0 Å². The molecule has 0 bridgehead atoms. The van der Waals surface area contributed by atoms with Crippen molar-refractivity contribution in [3.8, 4) is 0 Å². The van der Waals surface area contributed by atoms with Gasteiger partial charge in [-0.2, -0.15) is 0 Å². The summed E-state index contributed by atoms with van der Waals surface area (Å²) in [5.74, 6) is -0.216. The molecule has 0 N–H and O–H groups in total. The van der Waals surface area contributed by atoms with Crippen LogP contribution in [0.2, 0.25) is 0 Å². The van der Waals surface area contributed by atoms with Crippen LogP contribution in [0.25, 0.3) is 0 Å². The highest BCUT2D eigenvalue weighted by Crippen LogP contribution is 2.15. The molecule has 0 aliphatic heterocycles. The molecule has 0 fully saturated rings. The van der Waals surface area contributed by atoms with Crippen molar-refractivity contribution in [1.82, 2.24) is 0 Å². The molecule has 1 aromatic rings. The summed E-state index contributed by atoms with van der Waals surface area (Å²) < 4.78 is 17.6. The maximum absolute atomic E-state index is 12.6. The van der Waals surface area contributed by atoms with Gasteiger partial charge in [0.1, 0.15) is 5.82 Å². The number of hydrogen-bond donors (Lipinski definition) is 0. The van der Waals surface area contributed by atoms with E-state index in [4.69, 9.17) is 4.74 Å². The standard InChI is InChI=1S/C9H11FO/c1-7(11-2)8-4-3-5-9(10)6-8/h3-7H,1-2H3. The first-order valence-corrected chi connectivity index (χ1v) is 3.52. The van der Waals surface area contributed by atoms with Crippen molar-refractivity contribution in [3.63, 3.8) is 0 Å². The SMILES string of the molecule is COC(C)c1cccc(F)c1. The number of methoxy groups -OCH3 is 1. The van der Waals surface area contributed by atoms with Crippen molar-refractivity contribution in [2.24, 2.45) is 0 Å². The minimum Gasteiger partial charge on any atom is -0.377 e. The summed E-state index contributed by atoms with van der Waals surface area (Å²) in [7, 11) is 1.61. The minimum atomic E-state index is -0.216. The minimum absolute atomic E-state index is 0.0364. The molecule has 1 atom stereocenters. The number of rotatable bonds is 2. The highest BCUT2D eigenvalue weighted by Gasteiger charge is 2.02. The quantitative estimate of drug-likeness (QED) is 0.636. The maximum Gasteiger partial charge on any atom is 0.123 e. The van der Waals surface area contributed by atoms with E-state index in [0.717, 1.165) is 5.56 Å². The average molecular weight is 154 g/mol. The molecule has 0 saturated carbocycles. The van der Waals surface area contributed by atoms with Gasteiger partial charge < -0.3 is 4.74 Å². The molecule has 0 heterocycles. The van der Waals surface area contributed by atoms with Crippen LogP contribution in [0.1, 0.15) is 18.6 Å². The van der Waals surface area contributed by atoms with Gasteiger partial charge in [0.25, 0.3) is 0 Å². The summed E-state index contributed by atoms with van der Waals surface area (Å²) in [6, 6.07) is 6.43. The third-order valence-corrected chi connectivity index (χ3v) is 1.67. The first-order valence-electron chi connectivity index (χ1n) is 3.52. The van der Waals surface area contributed by atoms with E-state index in [9.17, 15) is 4.39 Å². The molecule has 0 spiro atoms. The zero-order chi connectivity index (χ0) is 8.27. The summed E-state index contributed by atoms with van der Waals surface area (Å²) >= 11 is 0. The fraction of sp³-hybridized carbons (Fsp3) is 0.333. The van der Waals surface area contributed by atoms with Crippen molar-refractivity contribution in [2.75, 3.05) is 7.11 Å². The first kappa shape index (κ1) is 8.21. The van der Waals surface area contributed by atoms with E-state index < -0.39 is 0 Å². The summed E-state index contributed by atoms with van der Waals surface area (Å²) in [5, 5.41) is 0. The summed E-state index contributed by atoms with van der Waals surface area (Å²) in [4.78, 5) is 0. The molecular formula is C9H11FO. The third-order valence-electron chi connectivity index (χ3n) is 1.67. The second-order valence-electron chi connectivity index (χ2n) is 2.43. The van der Waals surface area contributed by atoms with Crippen LogP contribution in [0.3, 0.4) is 0 Å². The van der Waals surface area contributed by atoms with Crippen molar-refractivity contribution < 1.29 is 9.13 Å². The van der Waals surface area contributed by atoms with Crippen molar-refractivity contribution >= 4 is 0 Å². The van der Waals surface area contributed by atoms with Gasteiger partial charge in [0.05, 0.1) is 6.10 Å². The lowest BCUT2D eigenvalue weighted by Gasteiger charge is -2.08. The van der Waals surface area contributed by atoms with Crippen molar-refractivity contribution in [1.29, 1.82) is 0 Å². The Hall–Kier alpha value is -0.890. The Morgan fingerprint density at radius 3 is 2.73 bits per heavy atom. The molecule has 60 valence electrons. The molecule has 0 aliphatic carbocycles. The normalized spacial score (nSPS) is 13.0. The van der Waals surface area contributed by atoms with E-state index in [1.54, 1.807) is 13.2 Å². The fourth-order valence-corrected chi connectivity index (χ4v) is 0.896. The Kier molecular flexibility index (Phi) is 2.60. The summed E-state index contributed by atoms with van der Waals surface area (Å²) in [6.45, 7) is 1.88. The summed E-state index contributed by atoms with van der Waals surface area (Å²) in [6.07, 6.45) is -0.0364. The molecule has 1 unspecified atom stereocenters. The van der Waals surface area contributed by atoms with E-state index >= 15 is 0 Å². The molecule has 0 radical (unpaired) electrons. The molecular weight excluding hydrogens is 143 g/mol. The van der Waals surface area contributed by atoms with Crippen LogP contribution in [0, 0.1) is 5.82 Å². The van der Waals surface area contributed by atoms with Crippen molar-refractivity contribution in [3.05, 3.63) is 35.6 Å². The van der Waals surface area contributed by atoms with Crippen LogP contribution in [0.15, 0.2) is 24.3 Å². The molecule has 1 nitrogen and oxygen atoms in total. The number of ether oxygens (including phenoxy) is 1. The first-order chi connectivity index (χ1) is 5.24. The van der Waals surface area contributed by atoms with E-state index in [2.05, 4.69) is 0 Å². The molecule has 1 aromatic carbocycles. The Morgan fingerprint density at radius 2 is 2.18 bits per heavy atom. The Bertz CT molecular complexity index is 235. The van der Waals surface area contributed by atoms with Gasteiger partial charge in [-0.1, -0.05) is 12.1 Å². The molecule has 0 amide bonds. The summed E-state index contributed by atoms with van der Waals surface area (Å²) in [5.41, 5.74) is 0.868. The van der Waals surface area contributed by atoms with Gasteiger partial charge in [-0.05, 0) is 24.6 Å². The van der Waals surface area contributed by atoms with Gasteiger partial charge in [0, 0.05) is 7.11 Å². The Balaban J connectivity index is 2.86. The van der Waals surface area contributed by atoms with Gasteiger partial charge in [-0.25, -0.2) is 4.39 Å². The monoisotopic (exact) mass is 154 g/mol. The van der Waals surface area contributed by atoms with E-state index in [1.165, 1.54) is 12.1 Å². The van der Waals surface area contributed by atoms with E-state index in [1.807, 2.05) is 13.0 Å². The van der Waals surface area contributed by atoms with Crippen LogP contribution >= 0.6 is 0 Å². The van der Waals surface area contributed by atoms with Gasteiger partial charge in [0.15, 0.2) is 0 Å². The maximum atomic E-state index is 12.6. The van der Waals surface area contributed by atoms with Gasteiger partial charge in [-0.3, -0.25) is 0 Å². The Labute approximate surface area is 65.8 Å². The fourth-order valence-electron chi connectivity index (χ4n) is 0.896. The highest BCUT2D eigenvalue weighted by molar-refractivity contribution is 5.18. The van der Waals surface area contributed by atoms with E-state index in [0.29, 0.717) is 0 Å². The topological polar surface area (TPSA) is 9.23 Å². The zero-order valence-electron chi connectivity index (χ0n) is 6.67. The molecule has 0 aliphatic rings. The Morgan fingerprint density at radius 1 is 1.45 bits per heavy atom. The third kappa shape index (κ3) is 2.02. The lowest BCUT2D eigenvalue weighted by Crippen LogP contribution is -1.95. The predicted octanol–water partition coefficient (Wildman–Crippen LogP) is 2.53. The van der Waals surface area contributed by atoms with Crippen LogP contribution in [0.4, 0.5) is 4.39 Å². The predicted molar refractivity (Wildman–Crippen MR) is 41.8 cm³/mol. The van der Waals surface area contributed by atoms with Crippen LogP contribution in [-0.2, 0) is 4.74 Å². The molecule has 1 rings (SSSR count). The van der Waals surface area contributed by atoms with Crippen LogP contribution in [-0.4, -0.2) is 7.11 Å². The molecule has 11 heavy (non-hydrogen) atoms. The average Bonchev–Trinajstić information content (AvgIpc) is 2.03. The van der Waals surface area contributed by atoms with Gasteiger partial charge in [0.2, 0.25) is 0 Å². The lowest BCUT2D eigenvalue weighted by molar-refractivity contribution is 0.119. The van der Waals surface area contributed by atoms with Crippen LogP contribution in [0.5, 0.6) is 0 Å². The number of hydrogen-bond acceptors (Lipinski definition) is 1. The van der Waals surface area contributed by atoms with Gasteiger partial charge in [-0.15, -0.1) is 0 Å². The highest BCUT2D eigenvalue weighted by atomic mass is 19.1. The number of benzene rings is 1. The smallest absolute Gasteiger partial charge is 0.123 e. The second kappa shape index (κ2) is 3.49. The lowest BCUT2D eigenvalue weighted by atomic mass is 10.1. The van der Waals surface area contributed by atoms with E-state index in [-0.39, 0.29) is 11.9 Å². The molecule has 2 heteroatoms. The zero-order valence-corrected chi connectivity index (χ0v) is 6.67. The van der Waals surface area contributed by atoms with Crippen LogP contribution < -0.4 is 0 Å². The molecule has 0 saturated heterocycles. The second-order valence-corrected chi connectivity index (χ2v) is 2.43. The number of halogens is 1. The largest absolute Gasteiger partial charge is 0.377 e.